The van der Waals surface area contributed by atoms with E-state index in [0.29, 0.717) is 6.10 Å². The number of anilines is 1. The largest absolute Gasteiger partial charge is 0.376 e. The van der Waals surface area contributed by atoms with Crippen LogP contribution < -0.4 is 5.32 Å². The zero-order valence-corrected chi connectivity index (χ0v) is 11.9. The molecule has 1 saturated heterocycles. The van der Waals surface area contributed by atoms with Gasteiger partial charge in [-0.15, -0.1) is 0 Å². The summed E-state index contributed by atoms with van der Waals surface area (Å²) in [6.45, 7) is 8.90. The van der Waals surface area contributed by atoms with Gasteiger partial charge in [-0.05, 0) is 12.8 Å². The normalized spacial score (nSPS) is 20.4. The number of hydrogen-bond acceptors (Lipinski definition) is 5. The fourth-order valence-electron chi connectivity index (χ4n) is 2.18. The number of nitrogens with one attached hydrogen (secondary N) is 1. The molecule has 0 radical (unpaired) electrons. The second kappa shape index (κ2) is 7.40. The minimum absolute atomic E-state index is 0.368. The van der Waals surface area contributed by atoms with Gasteiger partial charge < -0.3 is 10.1 Å². The van der Waals surface area contributed by atoms with Crippen molar-refractivity contribution in [3.63, 3.8) is 0 Å². The molecule has 0 bridgehead atoms. The summed E-state index contributed by atoms with van der Waals surface area (Å²) in [6.07, 6.45) is 6.22. The lowest BCUT2D eigenvalue weighted by atomic mass is 10.2. The van der Waals surface area contributed by atoms with Crippen molar-refractivity contribution in [3.05, 3.63) is 18.1 Å². The van der Waals surface area contributed by atoms with E-state index in [9.17, 15) is 0 Å². The number of hydrogen-bond donors (Lipinski definition) is 1. The minimum Gasteiger partial charge on any atom is -0.376 e. The zero-order chi connectivity index (χ0) is 13.5. The van der Waals surface area contributed by atoms with Crippen molar-refractivity contribution < 1.29 is 4.74 Å². The van der Waals surface area contributed by atoms with E-state index in [2.05, 4.69) is 34.0 Å². The van der Waals surface area contributed by atoms with Crippen molar-refractivity contribution >= 4 is 5.82 Å². The third-order valence-corrected chi connectivity index (χ3v) is 3.33. The molecule has 2 heterocycles. The molecule has 1 N–H and O–H groups in total. The molecule has 5 heteroatoms. The van der Waals surface area contributed by atoms with Crippen LogP contribution in [0.5, 0.6) is 0 Å². The molecule has 19 heavy (non-hydrogen) atoms. The summed E-state index contributed by atoms with van der Waals surface area (Å²) in [5.74, 6) is 0.860. The molecule has 0 amide bonds. The first-order chi connectivity index (χ1) is 9.31. The predicted octanol–water partition coefficient (Wildman–Crippen LogP) is 1.91. The van der Waals surface area contributed by atoms with Gasteiger partial charge in [0.25, 0.3) is 0 Å². The molecule has 1 aromatic heterocycles. The van der Waals surface area contributed by atoms with Gasteiger partial charge in [0.2, 0.25) is 0 Å². The van der Waals surface area contributed by atoms with E-state index >= 15 is 0 Å². The molecule has 1 aromatic rings. The van der Waals surface area contributed by atoms with Crippen molar-refractivity contribution in [2.75, 3.05) is 31.6 Å². The number of aromatic nitrogens is 2. The zero-order valence-electron chi connectivity index (χ0n) is 11.9. The first-order valence-electron chi connectivity index (χ1n) is 7.20. The minimum atomic E-state index is 0.368. The van der Waals surface area contributed by atoms with Gasteiger partial charge in [-0.25, -0.2) is 4.98 Å². The van der Waals surface area contributed by atoms with Crippen LogP contribution in [0.3, 0.4) is 0 Å². The molecule has 1 unspecified atom stereocenters. The molecule has 1 atom stereocenters. The number of rotatable bonds is 6. The Morgan fingerprint density at radius 3 is 2.95 bits per heavy atom. The van der Waals surface area contributed by atoms with Gasteiger partial charge in [-0.1, -0.05) is 13.8 Å². The van der Waals surface area contributed by atoms with E-state index in [1.54, 1.807) is 0 Å². The monoisotopic (exact) mass is 264 g/mol. The fraction of sp³-hybridized carbons (Fsp3) is 0.714. The molecule has 106 valence electrons. The van der Waals surface area contributed by atoms with E-state index in [1.165, 1.54) is 0 Å². The smallest absolute Gasteiger partial charge is 0.144 e. The van der Waals surface area contributed by atoms with Crippen molar-refractivity contribution in [3.8, 4) is 0 Å². The van der Waals surface area contributed by atoms with Crippen LogP contribution in [0, 0.1) is 0 Å². The molecule has 2 rings (SSSR count). The first kappa shape index (κ1) is 14.2. The summed E-state index contributed by atoms with van der Waals surface area (Å²) < 4.78 is 5.67. The highest BCUT2D eigenvalue weighted by molar-refractivity contribution is 5.30. The quantitative estimate of drug-likeness (QED) is 0.850. The standard InChI is InChI=1S/C14H24N4O/c1-3-5-15-14-9-16-12(8-17-14)10-18-6-7-19-13(4-2)11-18/h8-9,13H,3-7,10-11H2,1-2H3,(H,15,17). The maximum atomic E-state index is 5.67. The average molecular weight is 264 g/mol. The van der Waals surface area contributed by atoms with Gasteiger partial charge in [0, 0.05) is 26.2 Å². The third kappa shape index (κ3) is 4.44. The van der Waals surface area contributed by atoms with Crippen LogP contribution in [-0.4, -0.2) is 47.2 Å². The van der Waals surface area contributed by atoms with Crippen LogP contribution in [0.4, 0.5) is 5.82 Å². The lowest BCUT2D eigenvalue weighted by Crippen LogP contribution is -2.41. The van der Waals surface area contributed by atoms with Crippen LogP contribution >= 0.6 is 0 Å². The Balaban J connectivity index is 1.85. The summed E-state index contributed by atoms with van der Waals surface area (Å²) in [5, 5.41) is 3.23. The molecule has 1 aliphatic heterocycles. The van der Waals surface area contributed by atoms with Gasteiger partial charge in [0.15, 0.2) is 0 Å². The molecule has 0 aromatic carbocycles. The number of ether oxygens (including phenoxy) is 1. The van der Waals surface area contributed by atoms with E-state index in [4.69, 9.17) is 4.74 Å². The molecular formula is C14H24N4O. The highest BCUT2D eigenvalue weighted by Gasteiger charge is 2.19. The third-order valence-electron chi connectivity index (χ3n) is 3.33. The molecule has 0 saturated carbocycles. The fourth-order valence-corrected chi connectivity index (χ4v) is 2.18. The second-order valence-corrected chi connectivity index (χ2v) is 4.96. The molecule has 0 spiro atoms. The lowest BCUT2D eigenvalue weighted by molar-refractivity contribution is -0.0328. The molecule has 0 aliphatic carbocycles. The predicted molar refractivity (Wildman–Crippen MR) is 76.1 cm³/mol. The van der Waals surface area contributed by atoms with Gasteiger partial charge in [-0.3, -0.25) is 9.88 Å². The topological polar surface area (TPSA) is 50.3 Å². The SMILES string of the molecule is CCCNc1cnc(CN2CCOC(CC)C2)cn1. The van der Waals surface area contributed by atoms with Gasteiger partial charge in [0.05, 0.1) is 30.8 Å². The van der Waals surface area contributed by atoms with E-state index in [1.807, 2.05) is 12.4 Å². The van der Waals surface area contributed by atoms with Gasteiger partial charge in [-0.2, -0.15) is 0 Å². The number of nitrogens with zero attached hydrogens (tertiary/aromatic N) is 3. The Kier molecular flexibility index (Phi) is 5.54. The maximum absolute atomic E-state index is 5.67. The van der Waals surface area contributed by atoms with Crippen LogP contribution in [0.1, 0.15) is 32.4 Å². The van der Waals surface area contributed by atoms with E-state index in [-0.39, 0.29) is 0 Å². The summed E-state index contributed by atoms with van der Waals surface area (Å²) in [7, 11) is 0. The van der Waals surface area contributed by atoms with Crippen LogP contribution in [0.2, 0.25) is 0 Å². The van der Waals surface area contributed by atoms with E-state index < -0.39 is 0 Å². The molecule has 5 nitrogen and oxygen atoms in total. The van der Waals surface area contributed by atoms with E-state index in [0.717, 1.165) is 57.1 Å². The van der Waals surface area contributed by atoms with Crippen LogP contribution in [0.15, 0.2) is 12.4 Å². The van der Waals surface area contributed by atoms with Crippen molar-refractivity contribution in [2.45, 2.75) is 39.3 Å². The highest BCUT2D eigenvalue weighted by Crippen LogP contribution is 2.11. The maximum Gasteiger partial charge on any atom is 0.144 e. The van der Waals surface area contributed by atoms with Crippen LogP contribution in [-0.2, 0) is 11.3 Å². The molecular weight excluding hydrogens is 240 g/mol. The van der Waals surface area contributed by atoms with Crippen molar-refractivity contribution in [1.29, 1.82) is 0 Å². The second-order valence-electron chi connectivity index (χ2n) is 4.96. The highest BCUT2D eigenvalue weighted by atomic mass is 16.5. The Bertz CT molecular complexity index is 368. The summed E-state index contributed by atoms with van der Waals surface area (Å²) >= 11 is 0. The Labute approximate surface area is 115 Å². The van der Waals surface area contributed by atoms with Crippen molar-refractivity contribution in [2.24, 2.45) is 0 Å². The summed E-state index contributed by atoms with van der Waals surface area (Å²) in [5.41, 5.74) is 1.03. The summed E-state index contributed by atoms with van der Waals surface area (Å²) in [6, 6.07) is 0. The van der Waals surface area contributed by atoms with Gasteiger partial charge >= 0.3 is 0 Å². The summed E-state index contributed by atoms with van der Waals surface area (Å²) in [4.78, 5) is 11.2. The Hall–Kier alpha value is -1.20. The first-order valence-corrected chi connectivity index (χ1v) is 7.20. The van der Waals surface area contributed by atoms with Gasteiger partial charge in [0.1, 0.15) is 5.82 Å². The average Bonchev–Trinajstić information content (AvgIpc) is 2.47. The lowest BCUT2D eigenvalue weighted by Gasteiger charge is -2.32. The Morgan fingerprint density at radius 2 is 2.26 bits per heavy atom. The van der Waals surface area contributed by atoms with Crippen LogP contribution in [0.25, 0.3) is 0 Å². The number of morpholine rings is 1. The molecule has 1 aliphatic rings. The molecule has 1 fully saturated rings. The van der Waals surface area contributed by atoms with Crippen molar-refractivity contribution in [1.82, 2.24) is 14.9 Å². The Morgan fingerprint density at radius 1 is 1.37 bits per heavy atom.